The number of para-hydroxylation sites is 1. The number of hydrogen-bond acceptors (Lipinski definition) is 4. The van der Waals surface area contributed by atoms with E-state index >= 15 is 0 Å². The lowest BCUT2D eigenvalue weighted by Gasteiger charge is -2.13. The summed E-state index contributed by atoms with van der Waals surface area (Å²) in [6, 6.07) is 24.3. The van der Waals surface area contributed by atoms with Crippen molar-refractivity contribution in [3.8, 4) is 11.4 Å². The molecule has 3 aromatic carbocycles. The van der Waals surface area contributed by atoms with Gasteiger partial charge >= 0.3 is 0 Å². The molecule has 4 rings (SSSR count). The van der Waals surface area contributed by atoms with Crippen molar-refractivity contribution in [1.29, 1.82) is 0 Å². The van der Waals surface area contributed by atoms with Crippen molar-refractivity contribution in [2.24, 2.45) is 0 Å². The van der Waals surface area contributed by atoms with Crippen molar-refractivity contribution in [2.75, 3.05) is 12.4 Å². The maximum absolute atomic E-state index is 6.18. The second kappa shape index (κ2) is 10.0. The Morgan fingerprint density at radius 2 is 1.68 bits per heavy atom. The molecule has 0 unspecified atom stereocenters. The Balaban J connectivity index is 1.55. The smallest absolute Gasteiger partial charge is 0.195 e. The van der Waals surface area contributed by atoms with E-state index in [2.05, 4.69) is 58.9 Å². The highest BCUT2D eigenvalue weighted by molar-refractivity contribution is 7.99. The van der Waals surface area contributed by atoms with Gasteiger partial charge < -0.3 is 4.74 Å². The van der Waals surface area contributed by atoms with E-state index in [1.807, 2.05) is 42.5 Å². The zero-order chi connectivity index (χ0) is 21.6. The van der Waals surface area contributed by atoms with Crippen LogP contribution in [0.15, 0.2) is 78.0 Å². The number of thioether (sulfide) groups is 1. The molecule has 0 fully saturated rings. The number of benzene rings is 3. The predicted octanol–water partition coefficient (Wildman–Crippen LogP) is 6.30. The first-order valence-electron chi connectivity index (χ1n) is 10.2. The summed E-state index contributed by atoms with van der Waals surface area (Å²) in [6.07, 6.45) is 0.720. The molecule has 0 bridgehead atoms. The van der Waals surface area contributed by atoms with Crippen LogP contribution in [-0.4, -0.2) is 27.1 Å². The molecule has 0 radical (unpaired) electrons. The molecule has 0 N–H and O–H groups in total. The average molecular weight is 450 g/mol. The maximum atomic E-state index is 6.18. The van der Waals surface area contributed by atoms with E-state index in [1.165, 1.54) is 16.7 Å². The largest absolute Gasteiger partial charge is 0.491 e. The van der Waals surface area contributed by atoms with Crippen molar-refractivity contribution in [2.45, 2.75) is 25.4 Å². The Morgan fingerprint density at radius 3 is 2.45 bits per heavy atom. The van der Waals surface area contributed by atoms with Crippen molar-refractivity contribution in [1.82, 2.24) is 14.8 Å². The third kappa shape index (κ3) is 5.30. The third-order valence-electron chi connectivity index (χ3n) is 5.06. The standard InChI is InChI=1S/C25H24ClN3OS/c1-18-12-13-21(16-19(18)2)29-24(17-20-8-4-3-5-9-20)27-28-25(29)31-15-14-30-23-11-7-6-10-22(23)26/h3-13,16H,14-15,17H2,1-2H3. The first-order chi connectivity index (χ1) is 15.1. The van der Waals surface area contributed by atoms with Crippen molar-refractivity contribution >= 4 is 23.4 Å². The summed E-state index contributed by atoms with van der Waals surface area (Å²) in [7, 11) is 0. The maximum Gasteiger partial charge on any atom is 0.195 e. The van der Waals surface area contributed by atoms with Crippen LogP contribution >= 0.6 is 23.4 Å². The van der Waals surface area contributed by atoms with Gasteiger partial charge in [-0.1, -0.05) is 71.9 Å². The molecule has 4 nitrogen and oxygen atoms in total. The molecule has 1 aromatic heterocycles. The van der Waals surface area contributed by atoms with Crippen LogP contribution in [0, 0.1) is 13.8 Å². The highest BCUT2D eigenvalue weighted by Gasteiger charge is 2.15. The number of aromatic nitrogens is 3. The van der Waals surface area contributed by atoms with E-state index in [-0.39, 0.29) is 0 Å². The summed E-state index contributed by atoms with van der Waals surface area (Å²) < 4.78 is 7.98. The normalized spacial score (nSPS) is 10.9. The van der Waals surface area contributed by atoms with Crippen LogP contribution in [0.3, 0.4) is 0 Å². The second-order valence-corrected chi connectivity index (χ2v) is 8.76. The molecule has 0 amide bonds. The Bertz CT molecular complexity index is 1160. The van der Waals surface area contributed by atoms with Gasteiger partial charge in [0, 0.05) is 17.9 Å². The lowest BCUT2D eigenvalue weighted by Crippen LogP contribution is -2.06. The number of ether oxygens (including phenoxy) is 1. The number of aryl methyl sites for hydroxylation is 2. The molecule has 0 saturated heterocycles. The fraction of sp³-hybridized carbons (Fsp3) is 0.200. The summed E-state index contributed by atoms with van der Waals surface area (Å²) in [5.41, 5.74) is 4.80. The third-order valence-corrected chi connectivity index (χ3v) is 6.27. The number of halogens is 1. The number of hydrogen-bond donors (Lipinski definition) is 0. The number of rotatable bonds is 8. The minimum Gasteiger partial charge on any atom is -0.491 e. The van der Waals surface area contributed by atoms with E-state index in [0.29, 0.717) is 17.4 Å². The zero-order valence-corrected chi connectivity index (χ0v) is 19.2. The Hall–Kier alpha value is -2.76. The first kappa shape index (κ1) is 21.5. The summed E-state index contributed by atoms with van der Waals surface area (Å²) in [6.45, 7) is 4.78. The zero-order valence-electron chi connectivity index (χ0n) is 17.6. The second-order valence-electron chi connectivity index (χ2n) is 7.29. The van der Waals surface area contributed by atoms with E-state index in [4.69, 9.17) is 16.3 Å². The molecule has 6 heteroatoms. The van der Waals surface area contributed by atoms with Gasteiger partial charge in [0.15, 0.2) is 5.16 Å². The molecule has 0 atom stereocenters. The average Bonchev–Trinajstić information content (AvgIpc) is 3.17. The lowest BCUT2D eigenvalue weighted by atomic mass is 10.1. The number of nitrogens with zero attached hydrogens (tertiary/aromatic N) is 3. The molecule has 0 aliphatic rings. The molecule has 0 saturated carbocycles. The van der Waals surface area contributed by atoms with Gasteiger partial charge in [0.25, 0.3) is 0 Å². The van der Waals surface area contributed by atoms with Crippen molar-refractivity contribution < 1.29 is 4.74 Å². The van der Waals surface area contributed by atoms with Gasteiger partial charge in [-0.3, -0.25) is 4.57 Å². The van der Waals surface area contributed by atoms with Crippen LogP contribution in [-0.2, 0) is 6.42 Å². The summed E-state index contributed by atoms with van der Waals surface area (Å²) >= 11 is 7.80. The summed E-state index contributed by atoms with van der Waals surface area (Å²) in [5, 5.41) is 10.5. The molecule has 0 aliphatic carbocycles. The molecule has 1 heterocycles. The molecule has 158 valence electrons. The van der Waals surface area contributed by atoms with Crippen LogP contribution in [0.25, 0.3) is 5.69 Å². The summed E-state index contributed by atoms with van der Waals surface area (Å²) in [4.78, 5) is 0. The van der Waals surface area contributed by atoms with Crippen molar-refractivity contribution in [3.63, 3.8) is 0 Å². The molecular formula is C25H24ClN3OS. The van der Waals surface area contributed by atoms with E-state index in [0.717, 1.165) is 28.8 Å². The van der Waals surface area contributed by atoms with Crippen LogP contribution in [0.5, 0.6) is 5.75 Å². The van der Waals surface area contributed by atoms with Crippen LogP contribution in [0.4, 0.5) is 0 Å². The summed E-state index contributed by atoms with van der Waals surface area (Å²) in [5.74, 6) is 2.36. The fourth-order valence-corrected chi connectivity index (χ4v) is 4.24. The monoisotopic (exact) mass is 449 g/mol. The molecule has 31 heavy (non-hydrogen) atoms. The van der Waals surface area contributed by atoms with Gasteiger partial charge in [-0.05, 0) is 54.8 Å². The van der Waals surface area contributed by atoms with Gasteiger partial charge in [0.05, 0.1) is 11.6 Å². The Labute approximate surface area is 192 Å². The van der Waals surface area contributed by atoms with Crippen molar-refractivity contribution in [3.05, 3.63) is 100 Å². The van der Waals surface area contributed by atoms with Gasteiger partial charge in [0.2, 0.25) is 0 Å². The van der Waals surface area contributed by atoms with Crippen LogP contribution < -0.4 is 4.74 Å². The minimum atomic E-state index is 0.530. The van der Waals surface area contributed by atoms with Gasteiger partial charge in [0.1, 0.15) is 11.6 Å². The highest BCUT2D eigenvalue weighted by atomic mass is 35.5. The Morgan fingerprint density at radius 1 is 0.903 bits per heavy atom. The van der Waals surface area contributed by atoms with Gasteiger partial charge in [-0.25, -0.2) is 0 Å². The Kier molecular flexibility index (Phi) is 6.95. The lowest BCUT2D eigenvalue weighted by molar-refractivity contribution is 0.344. The van der Waals surface area contributed by atoms with E-state index < -0.39 is 0 Å². The predicted molar refractivity (Wildman–Crippen MR) is 128 cm³/mol. The quantitative estimate of drug-likeness (QED) is 0.234. The SMILES string of the molecule is Cc1ccc(-n2c(Cc3ccccc3)nnc2SCCOc2ccccc2Cl)cc1C. The molecule has 4 aromatic rings. The van der Waals surface area contributed by atoms with Gasteiger partial charge in [-0.2, -0.15) is 0 Å². The molecule has 0 aliphatic heterocycles. The molecule has 0 spiro atoms. The minimum absolute atomic E-state index is 0.530. The highest BCUT2D eigenvalue weighted by Crippen LogP contribution is 2.26. The van der Waals surface area contributed by atoms with Gasteiger partial charge in [-0.15, -0.1) is 10.2 Å². The van der Waals surface area contributed by atoms with Crippen LogP contribution in [0.2, 0.25) is 5.02 Å². The molecular weight excluding hydrogens is 426 g/mol. The van der Waals surface area contributed by atoms with E-state index in [9.17, 15) is 0 Å². The van der Waals surface area contributed by atoms with Crippen LogP contribution in [0.1, 0.15) is 22.5 Å². The van der Waals surface area contributed by atoms with E-state index in [1.54, 1.807) is 11.8 Å². The fourth-order valence-electron chi connectivity index (χ4n) is 3.26. The first-order valence-corrected chi connectivity index (χ1v) is 11.5. The topological polar surface area (TPSA) is 39.9 Å².